The molecule has 0 fully saturated rings. The van der Waals surface area contributed by atoms with E-state index in [4.69, 9.17) is 4.74 Å². The van der Waals surface area contributed by atoms with Gasteiger partial charge in [-0.3, -0.25) is 4.68 Å². The minimum atomic E-state index is 0.613. The molecule has 0 radical (unpaired) electrons. The summed E-state index contributed by atoms with van der Waals surface area (Å²) in [7, 11) is 0. The molecule has 0 amide bonds. The van der Waals surface area contributed by atoms with Crippen molar-refractivity contribution >= 4 is 15.9 Å². The van der Waals surface area contributed by atoms with Crippen molar-refractivity contribution in [3.63, 3.8) is 0 Å². The average molecular weight is 352 g/mol. The van der Waals surface area contributed by atoms with E-state index in [-0.39, 0.29) is 0 Å². The van der Waals surface area contributed by atoms with Crippen LogP contribution in [0.4, 0.5) is 0 Å². The largest absolute Gasteiger partial charge is 0.492 e. The minimum Gasteiger partial charge on any atom is -0.492 e. The van der Waals surface area contributed by atoms with Gasteiger partial charge in [-0.25, -0.2) is 0 Å². The molecule has 0 bridgehead atoms. The van der Waals surface area contributed by atoms with Gasteiger partial charge in [-0.2, -0.15) is 5.10 Å². The molecule has 0 saturated carbocycles. The number of hydrogen-bond acceptors (Lipinski definition) is 3. The van der Waals surface area contributed by atoms with Gasteiger partial charge >= 0.3 is 0 Å². The van der Waals surface area contributed by atoms with E-state index in [1.165, 1.54) is 5.56 Å². The zero-order valence-electron chi connectivity index (χ0n) is 12.6. The summed E-state index contributed by atoms with van der Waals surface area (Å²) in [6.45, 7) is 7.66. The van der Waals surface area contributed by atoms with Gasteiger partial charge in [0.1, 0.15) is 12.4 Å². The molecule has 4 nitrogen and oxygen atoms in total. The summed E-state index contributed by atoms with van der Waals surface area (Å²) in [6.07, 6.45) is 3.98. The van der Waals surface area contributed by atoms with E-state index < -0.39 is 0 Å². The second kappa shape index (κ2) is 8.20. The summed E-state index contributed by atoms with van der Waals surface area (Å²) in [6, 6.07) is 7.85. The Morgan fingerprint density at radius 2 is 2.05 bits per heavy atom. The van der Waals surface area contributed by atoms with Gasteiger partial charge in [0.25, 0.3) is 0 Å². The summed E-state index contributed by atoms with van der Waals surface area (Å²) in [5.41, 5.74) is 1.21. The third kappa shape index (κ3) is 5.89. The number of rotatable bonds is 8. The van der Waals surface area contributed by atoms with Crippen molar-refractivity contribution in [3.05, 3.63) is 46.7 Å². The van der Waals surface area contributed by atoms with Crippen molar-refractivity contribution in [1.82, 2.24) is 15.1 Å². The van der Waals surface area contributed by atoms with Gasteiger partial charge in [-0.15, -0.1) is 0 Å². The van der Waals surface area contributed by atoms with Crippen molar-refractivity contribution in [3.8, 4) is 5.75 Å². The van der Waals surface area contributed by atoms with Gasteiger partial charge in [0, 0.05) is 22.8 Å². The van der Waals surface area contributed by atoms with Crippen LogP contribution in [0, 0.1) is 5.92 Å². The second-order valence-corrected chi connectivity index (χ2v) is 6.35. The highest BCUT2D eigenvalue weighted by molar-refractivity contribution is 9.10. The molecule has 2 aromatic rings. The van der Waals surface area contributed by atoms with Crippen LogP contribution in [0.1, 0.15) is 19.4 Å². The second-order valence-electron chi connectivity index (χ2n) is 5.44. The quantitative estimate of drug-likeness (QED) is 0.791. The van der Waals surface area contributed by atoms with E-state index in [2.05, 4.69) is 46.4 Å². The summed E-state index contributed by atoms with van der Waals surface area (Å²) in [4.78, 5) is 0. The van der Waals surface area contributed by atoms with E-state index in [0.717, 1.165) is 29.9 Å². The maximum absolute atomic E-state index is 5.69. The fourth-order valence-corrected chi connectivity index (χ4v) is 2.18. The van der Waals surface area contributed by atoms with Gasteiger partial charge in [0.2, 0.25) is 0 Å². The number of nitrogens with zero attached hydrogens (tertiary/aromatic N) is 2. The predicted octanol–water partition coefficient (Wildman–Crippen LogP) is 3.47. The first-order valence-electron chi connectivity index (χ1n) is 7.24. The van der Waals surface area contributed by atoms with Crippen LogP contribution >= 0.6 is 15.9 Å². The van der Waals surface area contributed by atoms with Crippen LogP contribution in [0.3, 0.4) is 0 Å². The van der Waals surface area contributed by atoms with Gasteiger partial charge in [-0.1, -0.05) is 29.8 Å². The Kier molecular flexibility index (Phi) is 6.26. The summed E-state index contributed by atoms with van der Waals surface area (Å²) in [5.74, 6) is 1.54. The Balaban J connectivity index is 1.71. The number of ether oxygens (including phenoxy) is 1. The normalized spacial score (nSPS) is 11.0. The fraction of sp³-hybridized carbons (Fsp3) is 0.438. The van der Waals surface area contributed by atoms with Crippen LogP contribution in [-0.2, 0) is 13.1 Å². The third-order valence-corrected chi connectivity index (χ3v) is 3.50. The van der Waals surface area contributed by atoms with Crippen LogP contribution in [-0.4, -0.2) is 22.9 Å². The molecule has 1 N–H and O–H groups in total. The van der Waals surface area contributed by atoms with Gasteiger partial charge in [-0.05, 0) is 36.7 Å². The molecule has 0 unspecified atom stereocenters. The van der Waals surface area contributed by atoms with Crippen molar-refractivity contribution in [2.24, 2.45) is 5.92 Å². The van der Waals surface area contributed by atoms with E-state index in [0.29, 0.717) is 12.5 Å². The topological polar surface area (TPSA) is 39.1 Å². The van der Waals surface area contributed by atoms with Crippen molar-refractivity contribution < 1.29 is 4.74 Å². The molecule has 0 atom stereocenters. The first-order valence-corrected chi connectivity index (χ1v) is 8.03. The maximum Gasteiger partial charge on any atom is 0.119 e. The average Bonchev–Trinajstić information content (AvgIpc) is 2.88. The Bertz CT molecular complexity index is 537. The molecule has 1 aromatic carbocycles. The lowest BCUT2D eigenvalue weighted by molar-refractivity contribution is 0.291. The van der Waals surface area contributed by atoms with Crippen molar-refractivity contribution in [1.29, 1.82) is 0 Å². The monoisotopic (exact) mass is 351 g/mol. The molecule has 0 aliphatic heterocycles. The third-order valence-electron chi connectivity index (χ3n) is 2.97. The zero-order valence-corrected chi connectivity index (χ0v) is 14.1. The summed E-state index contributed by atoms with van der Waals surface area (Å²) in [5, 5.41) is 7.76. The molecule has 1 heterocycles. The molecule has 0 aliphatic rings. The molecule has 0 spiro atoms. The predicted molar refractivity (Wildman–Crippen MR) is 88.4 cm³/mol. The smallest absolute Gasteiger partial charge is 0.119 e. The van der Waals surface area contributed by atoms with Gasteiger partial charge < -0.3 is 10.1 Å². The highest BCUT2D eigenvalue weighted by Crippen LogP contribution is 2.15. The molecule has 1 aromatic heterocycles. The molecule has 21 heavy (non-hydrogen) atoms. The SMILES string of the molecule is CC(C)CNCc1cnn(CCOc2ccc(Br)cc2)c1. The molecular weight excluding hydrogens is 330 g/mol. The highest BCUT2D eigenvalue weighted by Gasteiger charge is 2.00. The van der Waals surface area contributed by atoms with E-state index in [1.807, 2.05) is 35.1 Å². The zero-order chi connectivity index (χ0) is 15.1. The first kappa shape index (κ1) is 16.0. The lowest BCUT2D eigenvalue weighted by Gasteiger charge is -2.06. The van der Waals surface area contributed by atoms with E-state index >= 15 is 0 Å². The number of aromatic nitrogens is 2. The van der Waals surface area contributed by atoms with Crippen LogP contribution in [0.25, 0.3) is 0 Å². The summed E-state index contributed by atoms with van der Waals surface area (Å²) >= 11 is 3.41. The molecule has 2 rings (SSSR count). The van der Waals surface area contributed by atoms with E-state index in [1.54, 1.807) is 0 Å². The van der Waals surface area contributed by atoms with Gasteiger partial charge in [0.05, 0.1) is 12.7 Å². The number of hydrogen-bond donors (Lipinski definition) is 1. The van der Waals surface area contributed by atoms with Gasteiger partial charge in [0.15, 0.2) is 0 Å². The Morgan fingerprint density at radius 1 is 1.29 bits per heavy atom. The first-order chi connectivity index (χ1) is 10.1. The Labute approximate surface area is 134 Å². The maximum atomic E-state index is 5.69. The number of benzene rings is 1. The minimum absolute atomic E-state index is 0.613. The molecule has 5 heteroatoms. The van der Waals surface area contributed by atoms with Crippen molar-refractivity contribution in [2.45, 2.75) is 26.9 Å². The Morgan fingerprint density at radius 3 is 2.76 bits per heavy atom. The summed E-state index contributed by atoms with van der Waals surface area (Å²) < 4.78 is 8.67. The lowest BCUT2D eigenvalue weighted by Crippen LogP contribution is -2.18. The molecule has 114 valence electrons. The lowest BCUT2D eigenvalue weighted by atomic mass is 10.2. The molecular formula is C16H22BrN3O. The molecule has 0 aliphatic carbocycles. The van der Waals surface area contributed by atoms with Crippen LogP contribution in [0.15, 0.2) is 41.1 Å². The number of nitrogens with one attached hydrogen (secondary N) is 1. The van der Waals surface area contributed by atoms with Crippen molar-refractivity contribution in [2.75, 3.05) is 13.2 Å². The molecule has 0 saturated heterocycles. The Hall–Kier alpha value is -1.33. The van der Waals surface area contributed by atoms with Crippen LogP contribution in [0.5, 0.6) is 5.75 Å². The van der Waals surface area contributed by atoms with Crippen LogP contribution in [0.2, 0.25) is 0 Å². The van der Waals surface area contributed by atoms with E-state index in [9.17, 15) is 0 Å². The number of halogens is 1. The standard InChI is InChI=1S/C16H22BrN3O/c1-13(2)9-18-10-14-11-19-20(12-14)7-8-21-16-5-3-15(17)4-6-16/h3-6,11-13,18H,7-10H2,1-2H3. The fourth-order valence-electron chi connectivity index (χ4n) is 1.91. The van der Waals surface area contributed by atoms with Crippen LogP contribution < -0.4 is 10.1 Å². The highest BCUT2D eigenvalue weighted by atomic mass is 79.9.